The molecule has 3 aromatic rings. The first-order valence-corrected chi connectivity index (χ1v) is 14.0. The molecular weight excluding hydrogens is 520 g/mol. The zero-order chi connectivity index (χ0) is 27.4. The number of hydrogen-bond acceptors (Lipinski definition) is 8. The number of nitrogen functional groups attached to an aromatic ring is 1. The number of nitrogens with one attached hydrogen (secondary N) is 3. The van der Waals surface area contributed by atoms with Gasteiger partial charge in [-0.2, -0.15) is 0 Å². The molecule has 0 bridgehead atoms. The normalized spacial score (nSPS) is 16.7. The Labute approximate surface area is 227 Å². The summed E-state index contributed by atoms with van der Waals surface area (Å²) in [4.78, 5) is 27.6. The van der Waals surface area contributed by atoms with Crippen molar-refractivity contribution in [3.05, 3.63) is 77.9 Å². The van der Waals surface area contributed by atoms with E-state index in [9.17, 15) is 18.0 Å². The number of amides is 3. The average molecular weight is 551 g/mol. The van der Waals surface area contributed by atoms with Crippen LogP contribution in [0.1, 0.15) is 15.9 Å². The van der Waals surface area contributed by atoms with Gasteiger partial charge in [-0.05, 0) is 42.0 Å². The Morgan fingerprint density at radius 2 is 1.77 bits per heavy atom. The largest absolute Gasteiger partial charge is 0.492 e. The second-order valence-electron chi connectivity index (χ2n) is 9.28. The predicted octanol–water partition coefficient (Wildman–Crippen LogP) is 2.54. The highest BCUT2D eigenvalue weighted by Crippen LogP contribution is 2.34. The lowest BCUT2D eigenvalue weighted by Gasteiger charge is -2.29. The van der Waals surface area contributed by atoms with Crippen LogP contribution in [0, 0.1) is 0 Å². The van der Waals surface area contributed by atoms with Crippen molar-refractivity contribution in [3.63, 3.8) is 0 Å². The molecule has 0 atom stereocenters. The highest BCUT2D eigenvalue weighted by molar-refractivity contribution is 7.90. The van der Waals surface area contributed by atoms with Crippen molar-refractivity contribution in [1.29, 1.82) is 0 Å². The van der Waals surface area contributed by atoms with Gasteiger partial charge in [0, 0.05) is 44.4 Å². The molecule has 0 spiro atoms. The minimum Gasteiger partial charge on any atom is -0.492 e. The number of para-hydroxylation sites is 2. The van der Waals surface area contributed by atoms with Crippen molar-refractivity contribution in [3.8, 4) is 5.75 Å². The highest BCUT2D eigenvalue weighted by Gasteiger charge is 2.37. The van der Waals surface area contributed by atoms with Crippen molar-refractivity contribution >= 4 is 39.0 Å². The first-order chi connectivity index (χ1) is 18.8. The van der Waals surface area contributed by atoms with Gasteiger partial charge in [-0.3, -0.25) is 9.69 Å². The third-order valence-electron chi connectivity index (χ3n) is 6.63. The van der Waals surface area contributed by atoms with Crippen molar-refractivity contribution in [2.45, 2.75) is 11.4 Å². The Balaban J connectivity index is 1.26. The van der Waals surface area contributed by atoms with Crippen LogP contribution in [0.15, 0.2) is 71.6 Å². The van der Waals surface area contributed by atoms with Gasteiger partial charge < -0.3 is 26.4 Å². The lowest BCUT2D eigenvalue weighted by Crippen LogP contribution is -2.44. The summed E-state index contributed by atoms with van der Waals surface area (Å²) in [5.41, 5.74) is 7.93. The van der Waals surface area contributed by atoms with E-state index in [0.29, 0.717) is 34.9 Å². The fourth-order valence-corrected chi connectivity index (χ4v) is 5.91. The Morgan fingerprint density at radius 3 is 2.51 bits per heavy atom. The molecule has 11 nitrogen and oxygen atoms in total. The zero-order valence-corrected chi connectivity index (χ0v) is 22.0. The molecule has 0 aliphatic carbocycles. The number of rotatable bonds is 8. The fourth-order valence-electron chi connectivity index (χ4n) is 4.43. The lowest BCUT2D eigenvalue weighted by atomic mass is 10.1. The van der Waals surface area contributed by atoms with Gasteiger partial charge in [0.1, 0.15) is 17.3 Å². The third kappa shape index (κ3) is 5.98. The van der Waals surface area contributed by atoms with Crippen LogP contribution in [-0.4, -0.2) is 68.9 Å². The number of carbonyl (C=O) groups excluding carboxylic acids is 2. The van der Waals surface area contributed by atoms with E-state index in [1.165, 1.54) is 12.1 Å². The van der Waals surface area contributed by atoms with Crippen LogP contribution in [0.5, 0.6) is 5.75 Å². The topological polar surface area (TPSA) is 146 Å². The molecule has 2 aliphatic heterocycles. The number of piperazine rings is 1. The van der Waals surface area contributed by atoms with Crippen LogP contribution in [0.25, 0.3) is 0 Å². The number of sulfonamides is 1. The van der Waals surface area contributed by atoms with Crippen LogP contribution in [-0.2, 0) is 16.6 Å². The summed E-state index contributed by atoms with van der Waals surface area (Å²) in [5.74, 6) is 0.0548. The predicted molar refractivity (Wildman–Crippen MR) is 148 cm³/mol. The molecule has 0 saturated carbocycles. The van der Waals surface area contributed by atoms with Crippen molar-refractivity contribution < 1.29 is 22.7 Å². The van der Waals surface area contributed by atoms with E-state index in [0.717, 1.165) is 37.0 Å². The van der Waals surface area contributed by atoms with E-state index >= 15 is 0 Å². The van der Waals surface area contributed by atoms with Gasteiger partial charge in [-0.15, -0.1) is 0 Å². The molecule has 5 rings (SSSR count). The summed E-state index contributed by atoms with van der Waals surface area (Å²) >= 11 is 0. The lowest BCUT2D eigenvalue weighted by molar-refractivity contribution is 0.102. The molecule has 204 valence electrons. The number of ether oxygens (including phenoxy) is 1. The van der Waals surface area contributed by atoms with Crippen LogP contribution in [0.4, 0.5) is 21.9 Å². The number of anilines is 3. The number of nitrogens with two attached hydrogens (primary N) is 1. The molecule has 2 aliphatic rings. The van der Waals surface area contributed by atoms with Gasteiger partial charge >= 0.3 is 6.03 Å². The molecule has 12 heteroatoms. The van der Waals surface area contributed by atoms with Gasteiger partial charge in [-0.25, -0.2) is 17.5 Å². The Hall–Kier alpha value is -4.13. The average Bonchev–Trinajstić information content (AvgIpc) is 2.93. The second-order valence-corrected chi connectivity index (χ2v) is 11.1. The molecule has 2 heterocycles. The molecule has 1 saturated heterocycles. The number of hydrogen-bond donors (Lipinski definition) is 4. The minimum atomic E-state index is -4.14. The first-order valence-electron chi connectivity index (χ1n) is 12.6. The molecule has 0 unspecified atom stereocenters. The van der Waals surface area contributed by atoms with E-state index in [2.05, 4.69) is 20.9 Å². The Bertz CT molecular complexity index is 1470. The van der Waals surface area contributed by atoms with Gasteiger partial charge in [0.05, 0.1) is 23.6 Å². The molecule has 0 aromatic heterocycles. The van der Waals surface area contributed by atoms with Gasteiger partial charge in [-0.1, -0.05) is 24.3 Å². The molecule has 3 aromatic carbocycles. The van der Waals surface area contributed by atoms with Crippen LogP contribution in [0.3, 0.4) is 0 Å². The van der Waals surface area contributed by atoms with E-state index in [1.54, 1.807) is 54.6 Å². The molecular formula is C27H30N6O5S. The molecule has 3 amide bonds. The summed E-state index contributed by atoms with van der Waals surface area (Å²) < 4.78 is 33.5. The highest BCUT2D eigenvalue weighted by atomic mass is 32.2. The Morgan fingerprint density at radius 1 is 1.03 bits per heavy atom. The van der Waals surface area contributed by atoms with Crippen molar-refractivity contribution in [2.75, 3.05) is 55.7 Å². The van der Waals surface area contributed by atoms with Gasteiger partial charge in [0.25, 0.3) is 15.9 Å². The molecule has 0 radical (unpaired) electrons. The second kappa shape index (κ2) is 11.3. The summed E-state index contributed by atoms with van der Waals surface area (Å²) in [6, 6.07) is 17.1. The van der Waals surface area contributed by atoms with Crippen LogP contribution >= 0.6 is 0 Å². The number of urea groups is 1. The molecule has 39 heavy (non-hydrogen) atoms. The molecule has 5 N–H and O–H groups in total. The summed E-state index contributed by atoms with van der Waals surface area (Å²) in [6.45, 7) is 4.71. The monoisotopic (exact) mass is 550 g/mol. The SMILES string of the molecule is Nc1ccccc1NC(=O)c1ccc(CN2C(=O)Nc3ccc(OCCN4CCNCC4)cc3S2(=O)=O)cc1. The molecule has 1 fully saturated rings. The Kier molecular flexibility index (Phi) is 7.68. The number of fused-ring (bicyclic) bond motifs is 1. The van der Waals surface area contributed by atoms with Crippen LogP contribution < -0.4 is 26.4 Å². The summed E-state index contributed by atoms with van der Waals surface area (Å²) in [7, 11) is -4.14. The fraction of sp³-hybridized carbons (Fsp3) is 0.259. The van der Waals surface area contributed by atoms with Crippen LogP contribution in [0.2, 0.25) is 0 Å². The minimum absolute atomic E-state index is 0.0294. The van der Waals surface area contributed by atoms with Crippen molar-refractivity contribution in [1.82, 2.24) is 14.5 Å². The summed E-state index contributed by atoms with van der Waals surface area (Å²) in [5, 5.41) is 8.69. The van der Waals surface area contributed by atoms with E-state index in [-0.39, 0.29) is 23.0 Å². The zero-order valence-electron chi connectivity index (χ0n) is 21.2. The van der Waals surface area contributed by atoms with E-state index < -0.39 is 16.1 Å². The van der Waals surface area contributed by atoms with Gasteiger partial charge in [0.15, 0.2) is 0 Å². The maximum atomic E-state index is 13.4. The maximum absolute atomic E-state index is 13.4. The van der Waals surface area contributed by atoms with E-state index in [4.69, 9.17) is 10.5 Å². The number of nitrogens with zero attached hydrogens (tertiary/aromatic N) is 2. The summed E-state index contributed by atoms with van der Waals surface area (Å²) in [6.07, 6.45) is 0. The third-order valence-corrected chi connectivity index (χ3v) is 8.40. The quantitative estimate of drug-likeness (QED) is 0.313. The maximum Gasteiger partial charge on any atom is 0.336 e. The van der Waals surface area contributed by atoms with Crippen molar-refractivity contribution in [2.24, 2.45) is 0 Å². The smallest absolute Gasteiger partial charge is 0.336 e. The standard InChI is InChI=1S/C27H30N6O5S/c28-22-3-1-2-4-23(22)30-26(34)20-7-5-19(6-8-20)18-33-27(35)31-24-10-9-21(17-25(24)39(33,36)37)38-16-15-32-13-11-29-12-14-32/h1-10,17,29H,11-16,18,28H2,(H,30,34)(H,31,35). The van der Waals surface area contributed by atoms with E-state index in [1.807, 2.05) is 0 Å². The first kappa shape index (κ1) is 26.5. The van der Waals surface area contributed by atoms with Gasteiger partial charge in [0.2, 0.25) is 0 Å². The number of benzene rings is 3. The number of carbonyl (C=O) groups is 2.